The van der Waals surface area contributed by atoms with Gasteiger partial charge in [0.2, 0.25) is 21.8 Å². The molecule has 2 N–H and O–H groups in total. The number of rotatable bonds is 8. The number of carbonyl (C=O) groups excluding carboxylic acids is 1. The van der Waals surface area contributed by atoms with Gasteiger partial charge in [-0.3, -0.25) is 9.52 Å². The zero-order valence-corrected chi connectivity index (χ0v) is 16.3. The molecule has 0 bridgehead atoms. The van der Waals surface area contributed by atoms with Gasteiger partial charge >= 0.3 is 0 Å². The minimum absolute atomic E-state index is 0.00518. The quantitative estimate of drug-likeness (QED) is 0.676. The van der Waals surface area contributed by atoms with Crippen LogP contribution >= 0.6 is 0 Å². The van der Waals surface area contributed by atoms with Crippen LogP contribution in [0.1, 0.15) is 25.0 Å². The maximum Gasteiger partial charge on any atom is 0.244 e. The molecule has 1 aromatic carbocycles. The number of sulfonamides is 1. The molecule has 0 aliphatic heterocycles. The van der Waals surface area contributed by atoms with Gasteiger partial charge in [0.15, 0.2) is 0 Å². The van der Waals surface area contributed by atoms with Crippen molar-refractivity contribution in [1.82, 2.24) is 10.3 Å². The number of amides is 1. The predicted molar refractivity (Wildman–Crippen MR) is 106 cm³/mol. The molecule has 0 saturated heterocycles. The fraction of sp³-hybridized carbons (Fsp3) is 0.263. The average molecular weight is 389 g/mol. The zero-order chi connectivity index (χ0) is 19.9. The lowest BCUT2D eigenvalue weighted by Gasteiger charge is -2.12. The third-order valence-corrected chi connectivity index (χ3v) is 3.90. The molecule has 0 aliphatic carbocycles. The summed E-state index contributed by atoms with van der Waals surface area (Å²) >= 11 is 0. The van der Waals surface area contributed by atoms with E-state index in [9.17, 15) is 13.2 Å². The highest BCUT2D eigenvalue weighted by atomic mass is 32.2. The van der Waals surface area contributed by atoms with E-state index < -0.39 is 10.0 Å². The van der Waals surface area contributed by atoms with E-state index in [0.717, 1.165) is 17.4 Å². The second-order valence-corrected chi connectivity index (χ2v) is 7.93. The summed E-state index contributed by atoms with van der Waals surface area (Å²) in [5.74, 6) is 0.249. The number of hydrogen-bond acceptors (Lipinski definition) is 5. The molecule has 27 heavy (non-hydrogen) atoms. The molecule has 0 radical (unpaired) electrons. The highest BCUT2D eigenvalue weighted by Gasteiger charge is 2.07. The molecule has 8 heteroatoms. The Balaban J connectivity index is 1.92. The van der Waals surface area contributed by atoms with Gasteiger partial charge in [0.05, 0.1) is 12.4 Å². The molecule has 0 aliphatic rings. The number of pyridine rings is 1. The summed E-state index contributed by atoms with van der Waals surface area (Å²) in [4.78, 5) is 16.2. The predicted octanol–water partition coefficient (Wildman–Crippen LogP) is 2.57. The highest BCUT2D eigenvalue weighted by molar-refractivity contribution is 7.92. The van der Waals surface area contributed by atoms with E-state index >= 15 is 0 Å². The highest BCUT2D eigenvalue weighted by Crippen LogP contribution is 2.15. The monoisotopic (exact) mass is 389 g/mol. The van der Waals surface area contributed by atoms with Crippen LogP contribution in [0.3, 0.4) is 0 Å². The first-order chi connectivity index (χ1) is 12.7. The lowest BCUT2D eigenvalue weighted by atomic mass is 10.2. The summed E-state index contributed by atoms with van der Waals surface area (Å²) in [6, 6.07) is 10.3. The van der Waals surface area contributed by atoms with Crippen molar-refractivity contribution in [3.8, 4) is 5.88 Å². The van der Waals surface area contributed by atoms with E-state index in [0.29, 0.717) is 18.1 Å². The lowest BCUT2D eigenvalue weighted by Crippen LogP contribution is -2.21. The van der Waals surface area contributed by atoms with Gasteiger partial charge in [-0.25, -0.2) is 13.4 Å². The van der Waals surface area contributed by atoms with Crippen molar-refractivity contribution < 1.29 is 17.9 Å². The summed E-state index contributed by atoms with van der Waals surface area (Å²) in [5.41, 5.74) is 2.03. The Bertz CT molecular complexity index is 907. The van der Waals surface area contributed by atoms with Crippen molar-refractivity contribution >= 4 is 27.7 Å². The van der Waals surface area contributed by atoms with Gasteiger partial charge in [-0.1, -0.05) is 18.2 Å². The van der Waals surface area contributed by atoms with Gasteiger partial charge in [0.25, 0.3) is 0 Å². The minimum Gasteiger partial charge on any atom is -0.475 e. The fourth-order valence-electron chi connectivity index (χ4n) is 2.18. The summed E-state index contributed by atoms with van der Waals surface area (Å²) in [7, 11) is -3.31. The van der Waals surface area contributed by atoms with Crippen molar-refractivity contribution in [2.24, 2.45) is 0 Å². The van der Waals surface area contributed by atoms with Crippen LogP contribution in [0.5, 0.6) is 5.88 Å². The maximum atomic E-state index is 12.0. The van der Waals surface area contributed by atoms with Crippen molar-refractivity contribution in [2.75, 3.05) is 11.0 Å². The topological polar surface area (TPSA) is 97.4 Å². The number of nitrogens with one attached hydrogen (secondary N) is 2. The largest absolute Gasteiger partial charge is 0.475 e. The standard InChI is InChI=1S/C19H23N3O4S/c1-14(2)26-19-16(5-4-12-20-19)13-21-18(23)11-8-15-6-9-17(10-7-15)22-27(3,24)25/h4-12,14,22H,13H2,1-3H3,(H,21,23)/b11-8+. The van der Waals surface area contributed by atoms with Crippen LogP contribution < -0.4 is 14.8 Å². The van der Waals surface area contributed by atoms with Gasteiger partial charge in [0.1, 0.15) is 0 Å². The molecule has 0 spiro atoms. The molecular formula is C19H23N3O4S. The van der Waals surface area contributed by atoms with Crippen LogP contribution in [0.2, 0.25) is 0 Å². The second kappa shape index (κ2) is 9.18. The van der Waals surface area contributed by atoms with Crippen LogP contribution in [0.15, 0.2) is 48.7 Å². The average Bonchev–Trinajstić information content (AvgIpc) is 2.58. The molecule has 0 atom stereocenters. The van der Waals surface area contributed by atoms with Gasteiger partial charge in [0, 0.05) is 30.1 Å². The lowest BCUT2D eigenvalue weighted by molar-refractivity contribution is -0.116. The van der Waals surface area contributed by atoms with Crippen LogP contribution in [0, 0.1) is 0 Å². The van der Waals surface area contributed by atoms with Gasteiger partial charge in [-0.2, -0.15) is 0 Å². The summed E-state index contributed by atoms with van der Waals surface area (Å²) in [6.45, 7) is 4.13. The van der Waals surface area contributed by atoms with E-state index in [1.807, 2.05) is 19.9 Å². The number of anilines is 1. The Morgan fingerprint density at radius 1 is 1.22 bits per heavy atom. The molecule has 1 amide bonds. The number of benzene rings is 1. The summed E-state index contributed by atoms with van der Waals surface area (Å²) in [5, 5.41) is 2.79. The summed E-state index contributed by atoms with van der Waals surface area (Å²) < 4.78 is 30.4. The minimum atomic E-state index is -3.31. The Labute approximate surface area is 159 Å². The van der Waals surface area contributed by atoms with E-state index in [1.165, 1.54) is 6.08 Å². The van der Waals surface area contributed by atoms with Gasteiger partial charge < -0.3 is 10.1 Å². The number of nitrogens with zero attached hydrogens (tertiary/aromatic N) is 1. The molecule has 0 fully saturated rings. The second-order valence-electron chi connectivity index (χ2n) is 6.18. The molecule has 1 aromatic heterocycles. The van der Waals surface area contributed by atoms with Crippen LogP contribution in [-0.4, -0.2) is 31.7 Å². The Morgan fingerprint density at radius 3 is 2.56 bits per heavy atom. The van der Waals surface area contributed by atoms with E-state index in [-0.39, 0.29) is 12.0 Å². The van der Waals surface area contributed by atoms with Crippen LogP contribution in [0.25, 0.3) is 6.08 Å². The van der Waals surface area contributed by atoms with Crippen molar-refractivity contribution in [3.05, 3.63) is 59.8 Å². The van der Waals surface area contributed by atoms with Crippen molar-refractivity contribution in [3.63, 3.8) is 0 Å². The molecule has 1 heterocycles. The normalized spacial score (nSPS) is 11.6. The maximum absolute atomic E-state index is 12.0. The molecule has 2 aromatic rings. The fourth-order valence-corrected chi connectivity index (χ4v) is 2.74. The first-order valence-electron chi connectivity index (χ1n) is 8.37. The third kappa shape index (κ3) is 7.49. The number of aromatic nitrogens is 1. The number of carbonyl (C=O) groups is 1. The van der Waals surface area contributed by atoms with E-state index in [4.69, 9.17) is 4.74 Å². The molecule has 0 unspecified atom stereocenters. The van der Waals surface area contributed by atoms with E-state index in [1.54, 1.807) is 42.6 Å². The molecule has 0 saturated carbocycles. The van der Waals surface area contributed by atoms with Crippen molar-refractivity contribution in [2.45, 2.75) is 26.5 Å². The third-order valence-electron chi connectivity index (χ3n) is 3.29. The Hall–Kier alpha value is -2.87. The smallest absolute Gasteiger partial charge is 0.244 e. The molecule has 7 nitrogen and oxygen atoms in total. The molecular weight excluding hydrogens is 366 g/mol. The van der Waals surface area contributed by atoms with Crippen LogP contribution in [-0.2, 0) is 21.4 Å². The van der Waals surface area contributed by atoms with Gasteiger partial charge in [-0.15, -0.1) is 0 Å². The zero-order valence-electron chi connectivity index (χ0n) is 15.5. The number of hydrogen-bond donors (Lipinski definition) is 2. The summed E-state index contributed by atoms with van der Waals surface area (Å²) in [6.07, 6.45) is 5.79. The Morgan fingerprint density at radius 2 is 1.93 bits per heavy atom. The first-order valence-corrected chi connectivity index (χ1v) is 10.3. The first kappa shape index (κ1) is 20.4. The SMILES string of the molecule is CC(C)Oc1ncccc1CNC(=O)/C=C/c1ccc(NS(C)(=O)=O)cc1. The van der Waals surface area contributed by atoms with E-state index in [2.05, 4.69) is 15.0 Å². The van der Waals surface area contributed by atoms with Crippen LogP contribution in [0.4, 0.5) is 5.69 Å². The number of ether oxygens (including phenoxy) is 1. The molecule has 144 valence electrons. The Kier molecular flexibility index (Phi) is 6.95. The van der Waals surface area contributed by atoms with Gasteiger partial charge in [-0.05, 0) is 43.7 Å². The molecule has 2 rings (SSSR count). The van der Waals surface area contributed by atoms with Crippen molar-refractivity contribution in [1.29, 1.82) is 0 Å².